The Labute approximate surface area is 150 Å². The molecule has 1 unspecified atom stereocenters. The van der Waals surface area contributed by atoms with E-state index in [-0.39, 0.29) is 5.43 Å². The summed E-state index contributed by atoms with van der Waals surface area (Å²) in [5, 5.41) is 0.450. The Balaban J connectivity index is 1.71. The molecular formula is C21H18O5. The topological polar surface area (TPSA) is 65.7 Å². The highest BCUT2D eigenvalue weighted by molar-refractivity contribution is 5.85. The Bertz CT molecular complexity index is 1010. The van der Waals surface area contributed by atoms with Crippen LogP contribution in [0.15, 0.2) is 57.7 Å². The third kappa shape index (κ3) is 3.02. The molecule has 0 amide bonds. The summed E-state index contributed by atoms with van der Waals surface area (Å²) in [5.74, 6) is 0.450. The molecule has 0 bridgehead atoms. The molecule has 2 heterocycles. The van der Waals surface area contributed by atoms with Crippen molar-refractivity contribution in [1.29, 1.82) is 0 Å². The van der Waals surface area contributed by atoms with E-state index in [0.29, 0.717) is 41.1 Å². The molecule has 1 aliphatic rings. The minimum atomic E-state index is -0.514. The molecule has 1 fully saturated rings. The van der Waals surface area contributed by atoms with Crippen LogP contribution in [0.3, 0.4) is 0 Å². The van der Waals surface area contributed by atoms with E-state index in [1.165, 1.54) is 0 Å². The molecule has 3 aromatic rings. The lowest BCUT2D eigenvalue weighted by Crippen LogP contribution is -2.24. The summed E-state index contributed by atoms with van der Waals surface area (Å²) in [5.41, 5.74) is 1.65. The Morgan fingerprint density at radius 1 is 1.15 bits per heavy atom. The first-order valence-electron chi connectivity index (χ1n) is 8.59. The van der Waals surface area contributed by atoms with Crippen LogP contribution in [0.1, 0.15) is 18.6 Å². The van der Waals surface area contributed by atoms with Crippen molar-refractivity contribution >= 4 is 16.9 Å². The van der Waals surface area contributed by atoms with E-state index in [9.17, 15) is 9.59 Å². The highest BCUT2D eigenvalue weighted by Crippen LogP contribution is 2.26. The molecule has 1 atom stereocenters. The molecule has 0 aliphatic carbocycles. The van der Waals surface area contributed by atoms with Crippen molar-refractivity contribution in [3.05, 3.63) is 64.5 Å². The minimum Gasteiger partial charge on any atom is -0.460 e. The summed E-state index contributed by atoms with van der Waals surface area (Å²) in [6.45, 7) is 2.34. The average molecular weight is 350 g/mol. The van der Waals surface area contributed by atoms with Gasteiger partial charge in [-0.25, -0.2) is 4.79 Å². The highest BCUT2D eigenvalue weighted by Gasteiger charge is 2.25. The molecule has 132 valence electrons. The largest absolute Gasteiger partial charge is 0.460 e. The second-order valence-electron chi connectivity index (χ2n) is 6.31. The molecule has 5 nitrogen and oxygen atoms in total. The van der Waals surface area contributed by atoms with Gasteiger partial charge in [-0.05, 0) is 37.5 Å². The number of aryl methyl sites for hydroxylation is 1. The third-order valence-corrected chi connectivity index (χ3v) is 4.51. The summed E-state index contributed by atoms with van der Waals surface area (Å²) in [6, 6.07) is 14.2. The van der Waals surface area contributed by atoms with Gasteiger partial charge in [0, 0.05) is 12.7 Å². The number of benzene rings is 2. The summed E-state index contributed by atoms with van der Waals surface area (Å²) >= 11 is 0. The SMILES string of the molecule is Cc1oc2cc(OC(=O)C3CCCO3)ccc2c(=O)c1-c1ccccc1. The number of rotatable bonds is 3. The first kappa shape index (κ1) is 16.5. The molecule has 4 rings (SSSR count). The molecule has 1 aromatic heterocycles. The quantitative estimate of drug-likeness (QED) is 0.530. The first-order valence-corrected chi connectivity index (χ1v) is 8.59. The number of ether oxygens (including phenoxy) is 2. The van der Waals surface area contributed by atoms with Gasteiger partial charge in [0.1, 0.15) is 17.1 Å². The van der Waals surface area contributed by atoms with Crippen molar-refractivity contribution in [2.75, 3.05) is 6.61 Å². The molecule has 5 heteroatoms. The van der Waals surface area contributed by atoms with Crippen molar-refractivity contribution in [2.24, 2.45) is 0 Å². The van der Waals surface area contributed by atoms with Gasteiger partial charge in [0.25, 0.3) is 0 Å². The zero-order chi connectivity index (χ0) is 18.1. The fraction of sp³-hybridized carbons (Fsp3) is 0.238. The van der Waals surface area contributed by atoms with Crippen molar-refractivity contribution in [3.8, 4) is 16.9 Å². The monoisotopic (exact) mass is 350 g/mol. The maximum atomic E-state index is 12.9. The third-order valence-electron chi connectivity index (χ3n) is 4.51. The predicted octanol–water partition coefficient (Wildman–Crippen LogP) is 3.85. The molecular weight excluding hydrogens is 332 g/mol. The van der Waals surface area contributed by atoms with Crippen molar-refractivity contribution in [2.45, 2.75) is 25.9 Å². The molecule has 1 saturated heterocycles. The molecule has 0 N–H and O–H groups in total. The number of esters is 1. The second-order valence-corrected chi connectivity index (χ2v) is 6.31. The molecule has 0 radical (unpaired) electrons. The van der Waals surface area contributed by atoms with Crippen molar-refractivity contribution in [1.82, 2.24) is 0 Å². The van der Waals surface area contributed by atoms with Crippen LogP contribution in [0.4, 0.5) is 0 Å². The van der Waals surface area contributed by atoms with E-state index in [1.54, 1.807) is 25.1 Å². The lowest BCUT2D eigenvalue weighted by atomic mass is 10.0. The Kier molecular flexibility index (Phi) is 4.31. The van der Waals surface area contributed by atoms with Crippen LogP contribution in [0, 0.1) is 6.92 Å². The van der Waals surface area contributed by atoms with Crippen LogP contribution >= 0.6 is 0 Å². The minimum absolute atomic E-state index is 0.105. The maximum absolute atomic E-state index is 12.9. The number of hydrogen-bond acceptors (Lipinski definition) is 5. The van der Waals surface area contributed by atoms with Gasteiger partial charge < -0.3 is 13.9 Å². The number of carbonyl (C=O) groups excluding carboxylic acids is 1. The van der Waals surface area contributed by atoms with Gasteiger partial charge in [0.05, 0.1) is 10.9 Å². The van der Waals surface area contributed by atoms with Gasteiger partial charge >= 0.3 is 5.97 Å². The van der Waals surface area contributed by atoms with Gasteiger partial charge in [-0.1, -0.05) is 30.3 Å². The standard InChI is InChI=1S/C21H18O5/c1-13-19(14-6-3-2-4-7-14)20(22)16-10-9-15(12-18(16)25-13)26-21(23)17-8-5-11-24-17/h2-4,6-7,9-10,12,17H,5,8,11H2,1H3. The van der Waals surface area contributed by atoms with E-state index in [1.807, 2.05) is 30.3 Å². The Morgan fingerprint density at radius 3 is 2.69 bits per heavy atom. The normalized spacial score (nSPS) is 16.7. The van der Waals surface area contributed by atoms with Gasteiger partial charge in [-0.15, -0.1) is 0 Å². The smallest absolute Gasteiger partial charge is 0.340 e. The average Bonchev–Trinajstić information content (AvgIpc) is 3.17. The van der Waals surface area contributed by atoms with Crippen molar-refractivity contribution in [3.63, 3.8) is 0 Å². The Morgan fingerprint density at radius 2 is 1.96 bits per heavy atom. The summed E-state index contributed by atoms with van der Waals surface area (Å²) in [7, 11) is 0. The van der Waals surface area contributed by atoms with Gasteiger partial charge in [0.2, 0.25) is 5.43 Å². The molecule has 0 spiro atoms. The summed E-state index contributed by atoms with van der Waals surface area (Å²) in [4.78, 5) is 25.0. The molecule has 0 saturated carbocycles. The lowest BCUT2D eigenvalue weighted by molar-refractivity contribution is -0.144. The number of fused-ring (bicyclic) bond motifs is 1. The fourth-order valence-corrected chi connectivity index (χ4v) is 3.23. The van der Waals surface area contributed by atoms with E-state index >= 15 is 0 Å². The maximum Gasteiger partial charge on any atom is 0.340 e. The van der Waals surface area contributed by atoms with Crippen LogP contribution < -0.4 is 10.2 Å². The van der Waals surface area contributed by atoms with Crippen LogP contribution in [0.5, 0.6) is 5.75 Å². The zero-order valence-electron chi connectivity index (χ0n) is 14.4. The lowest BCUT2D eigenvalue weighted by Gasteiger charge is -2.11. The zero-order valence-corrected chi connectivity index (χ0v) is 14.4. The van der Waals surface area contributed by atoms with Crippen LogP contribution in [-0.2, 0) is 9.53 Å². The molecule has 2 aromatic carbocycles. The predicted molar refractivity (Wildman–Crippen MR) is 97.3 cm³/mol. The van der Waals surface area contributed by atoms with Gasteiger partial charge in [-0.2, -0.15) is 0 Å². The van der Waals surface area contributed by atoms with Crippen molar-refractivity contribution < 1.29 is 18.7 Å². The fourth-order valence-electron chi connectivity index (χ4n) is 3.23. The summed E-state index contributed by atoms with van der Waals surface area (Å²) in [6.07, 6.45) is 1.01. The Hall–Kier alpha value is -2.92. The van der Waals surface area contributed by atoms with E-state index in [2.05, 4.69) is 0 Å². The van der Waals surface area contributed by atoms with Gasteiger partial charge in [0.15, 0.2) is 6.10 Å². The number of hydrogen-bond donors (Lipinski definition) is 0. The van der Waals surface area contributed by atoms with E-state index in [4.69, 9.17) is 13.9 Å². The van der Waals surface area contributed by atoms with E-state index in [0.717, 1.165) is 12.0 Å². The number of carbonyl (C=O) groups is 1. The van der Waals surface area contributed by atoms with Crippen LogP contribution in [-0.4, -0.2) is 18.7 Å². The summed E-state index contributed by atoms with van der Waals surface area (Å²) < 4.78 is 16.6. The molecule has 1 aliphatic heterocycles. The van der Waals surface area contributed by atoms with E-state index < -0.39 is 12.1 Å². The molecule has 26 heavy (non-hydrogen) atoms. The first-order chi connectivity index (χ1) is 12.6. The highest BCUT2D eigenvalue weighted by atomic mass is 16.6. The van der Waals surface area contributed by atoms with Gasteiger partial charge in [-0.3, -0.25) is 4.79 Å². The van der Waals surface area contributed by atoms with Crippen LogP contribution in [0.2, 0.25) is 0 Å². The second kappa shape index (κ2) is 6.77. The van der Waals surface area contributed by atoms with Crippen LogP contribution in [0.25, 0.3) is 22.1 Å².